The van der Waals surface area contributed by atoms with Crippen molar-refractivity contribution in [1.82, 2.24) is 14.5 Å². The Kier molecular flexibility index (Phi) is 5.71. The van der Waals surface area contributed by atoms with E-state index in [1.54, 1.807) is 4.90 Å². The standard InChI is InChI=1S/C26H27ClN4O2/c1-16-3-10-22(13-17(16)2)31-14-23(18-6-8-20(27)9-7-18)28-26(31)29-24(32)15-30(21-11-12-21)25(33)19-4-5-19/h3,6-10,13-14,19,21H,4-5,11-12,15H2,1-2H3,(H,28,29,32). The van der Waals surface area contributed by atoms with E-state index in [0.717, 1.165) is 48.2 Å². The Hall–Kier alpha value is -3.12. The molecule has 1 heterocycles. The van der Waals surface area contributed by atoms with Crippen LogP contribution in [0.4, 0.5) is 5.95 Å². The number of aromatic nitrogens is 2. The van der Waals surface area contributed by atoms with Crippen LogP contribution in [0.5, 0.6) is 0 Å². The lowest BCUT2D eigenvalue weighted by Crippen LogP contribution is -2.40. The molecule has 0 radical (unpaired) electrons. The normalized spacial score (nSPS) is 15.4. The minimum absolute atomic E-state index is 0.0655. The maximum Gasteiger partial charge on any atom is 0.246 e. The number of hydrogen-bond donors (Lipinski definition) is 1. The number of imidazole rings is 1. The molecule has 3 aromatic rings. The number of rotatable bonds is 7. The summed E-state index contributed by atoms with van der Waals surface area (Å²) in [5, 5.41) is 3.62. The van der Waals surface area contributed by atoms with E-state index >= 15 is 0 Å². The number of nitrogens with one attached hydrogen (secondary N) is 1. The van der Waals surface area contributed by atoms with Crippen molar-refractivity contribution in [3.63, 3.8) is 0 Å². The fraction of sp³-hybridized carbons (Fsp3) is 0.346. The molecule has 7 heteroatoms. The zero-order chi connectivity index (χ0) is 23.1. The van der Waals surface area contributed by atoms with E-state index in [1.807, 2.05) is 41.1 Å². The van der Waals surface area contributed by atoms with Gasteiger partial charge in [-0.2, -0.15) is 0 Å². The molecule has 2 fully saturated rings. The number of nitrogens with zero attached hydrogens (tertiary/aromatic N) is 3. The summed E-state index contributed by atoms with van der Waals surface area (Å²) >= 11 is 6.05. The van der Waals surface area contributed by atoms with Gasteiger partial charge in [0, 0.05) is 34.4 Å². The second kappa shape index (κ2) is 8.67. The van der Waals surface area contributed by atoms with Crippen molar-refractivity contribution in [2.45, 2.75) is 45.6 Å². The van der Waals surface area contributed by atoms with Gasteiger partial charge >= 0.3 is 0 Å². The second-order valence-corrected chi connectivity index (χ2v) is 9.55. The Morgan fingerprint density at radius 3 is 2.42 bits per heavy atom. The van der Waals surface area contributed by atoms with Gasteiger partial charge in [-0.1, -0.05) is 29.8 Å². The number of carbonyl (C=O) groups excluding carboxylic acids is 2. The van der Waals surface area contributed by atoms with Gasteiger partial charge in [-0.3, -0.25) is 19.5 Å². The molecule has 0 aliphatic heterocycles. The van der Waals surface area contributed by atoms with Crippen LogP contribution in [0.15, 0.2) is 48.7 Å². The fourth-order valence-electron chi connectivity index (χ4n) is 3.96. The predicted molar refractivity (Wildman–Crippen MR) is 130 cm³/mol. The molecule has 0 saturated heterocycles. The van der Waals surface area contributed by atoms with Crippen LogP contribution in [0.25, 0.3) is 16.9 Å². The summed E-state index contributed by atoms with van der Waals surface area (Å²) in [6.07, 6.45) is 5.74. The first-order valence-electron chi connectivity index (χ1n) is 11.4. The number of halogens is 1. The van der Waals surface area contributed by atoms with Crippen molar-refractivity contribution in [2.75, 3.05) is 11.9 Å². The lowest BCUT2D eigenvalue weighted by Gasteiger charge is -2.21. The molecule has 0 atom stereocenters. The van der Waals surface area contributed by atoms with Crippen molar-refractivity contribution in [3.05, 3.63) is 64.8 Å². The molecule has 2 aliphatic carbocycles. The number of carbonyl (C=O) groups is 2. The minimum atomic E-state index is -0.228. The maximum absolute atomic E-state index is 13.0. The fourth-order valence-corrected chi connectivity index (χ4v) is 4.08. The lowest BCUT2D eigenvalue weighted by molar-refractivity contribution is -0.136. The Morgan fingerprint density at radius 1 is 1.06 bits per heavy atom. The topological polar surface area (TPSA) is 67.2 Å². The molecule has 0 bridgehead atoms. The first-order chi connectivity index (χ1) is 15.9. The second-order valence-electron chi connectivity index (χ2n) is 9.11. The molecule has 0 unspecified atom stereocenters. The van der Waals surface area contributed by atoms with Crippen molar-refractivity contribution in [3.8, 4) is 16.9 Å². The van der Waals surface area contributed by atoms with Crippen LogP contribution >= 0.6 is 11.6 Å². The van der Waals surface area contributed by atoms with E-state index in [0.29, 0.717) is 11.0 Å². The first-order valence-corrected chi connectivity index (χ1v) is 11.8. The van der Waals surface area contributed by atoms with Gasteiger partial charge < -0.3 is 4.90 Å². The van der Waals surface area contributed by atoms with Crippen LogP contribution < -0.4 is 5.32 Å². The molecular formula is C26H27ClN4O2. The number of anilines is 1. The third-order valence-electron chi connectivity index (χ3n) is 6.38. The molecular weight excluding hydrogens is 436 g/mol. The molecule has 1 N–H and O–H groups in total. The highest BCUT2D eigenvalue weighted by molar-refractivity contribution is 6.30. The third-order valence-corrected chi connectivity index (χ3v) is 6.63. The highest BCUT2D eigenvalue weighted by atomic mass is 35.5. The molecule has 2 saturated carbocycles. The first kappa shape index (κ1) is 21.7. The van der Waals surface area contributed by atoms with Crippen LogP contribution in [0.2, 0.25) is 5.02 Å². The number of amides is 2. The van der Waals surface area contributed by atoms with E-state index in [4.69, 9.17) is 16.6 Å². The Balaban J connectivity index is 1.44. The lowest BCUT2D eigenvalue weighted by atomic mass is 10.1. The molecule has 2 amide bonds. The molecule has 2 aliphatic rings. The van der Waals surface area contributed by atoms with Crippen LogP contribution in [-0.4, -0.2) is 38.9 Å². The summed E-state index contributed by atoms with van der Waals surface area (Å²) in [6.45, 7) is 4.19. The smallest absolute Gasteiger partial charge is 0.246 e. The average Bonchev–Trinajstić information content (AvgIpc) is 3.72. The Morgan fingerprint density at radius 2 is 1.79 bits per heavy atom. The van der Waals surface area contributed by atoms with Gasteiger partial charge in [0.05, 0.1) is 5.69 Å². The quantitative estimate of drug-likeness (QED) is 0.528. The molecule has 6 nitrogen and oxygen atoms in total. The zero-order valence-electron chi connectivity index (χ0n) is 18.8. The SMILES string of the molecule is Cc1ccc(-n2cc(-c3ccc(Cl)cc3)nc2NC(=O)CN(C(=O)C2CC2)C2CC2)cc1C. The summed E-state index contributed by atoms with van der Waals surface area (Å²) in [7, 11) is 0. The largest absolute Gasteiger partial charge is 0.330 e. The van der Waals surface area contributed by atoms with E-state index in [9.17, 15) is 9.59 Å². The highest BCUT2D eigenvalue weighted by Gasteiger charge is 2.40. The number of aryl methyl sites for hydroxylation is 2. The summed E-state index contributed by atoms with van der Waals surface area (Å²) in [4.78, 5) is 32.2. The van der Waals surface area contributed by atoms with Gasteiger partial charge in [-0.25, -0.2) is 4.98 Å². The van der Waals surface area contributed by atoms with E-state index in [2.05, 4.69) is 31.3 Å². The summed E-state index contributed by atoms with van der Waals surface area (Å²) in [6, 6.07) is 13.8. The van der Waals surface area contributed by atoms with Crippen LogP contribution in [0, 0.1) is 19.8 Å². The molecule has 2 aromatic carbocycles. The van der Waals surface area contributed by atoms with Crippen molar-refractivity contribution in [1.29, 1.82) is 0 Å². The van der Waals surface area contributed by atoms with E-state index in [1.165, 1.54) is 5.56 Å². The van der Waals surface area contributed by atoms with Crippen LogP contribution in [-0.2, 0) is 9.59 Å². The highest BCUT2D eigenvalue weighted by Crippen LogP contribution is 2.36. The molecule has 5 rings (SSSR count). The van der Waals surface area contributed by atoms with Gasteiger partial charge in [0.1, 0.15) is 6.54 Å². The van der Waals surface area contributed by atoms with Crippen molar-refractivity contribution in [2.24, 2.45) is 5.92 Å². The summed E-state index contributed by atoms with van der Waals surface area (Å²) in [5.74, 6) is 0.427. The third kappa shape index (κ3) is 4.81. The van der Waals surface area contributed by atoms with Gasteiger partial charge in [-0.05, 0) is 74.9 Å². The van der Waals surface area contributed by atoms with Crippen molar-refractivity contribution < 1.29 is 9.59 Å². The zero-order valence-corrected chi connectivity index (χ0v) is 19.6. The van der Waals surface area contributed by atoms with Gasteiger partial charge in [0.25, 0.3) is 0 Å². The van der Waals surface area contributed by atoms with Crippen LogP contribution in [0.3, 0.4) is 0 Å². The monoisotopic (exact) mass is 462 g/mol. The summed E-state index contributed by atoms with van der Waals surface area (Å²) < 4.78 is 1.89. The molecule has 1 aromatic heterocycles. The summed E-state index contributed by atoms with van der Waals surface area (Å²) in [5.41, 5.74) is 4.89. The average molecular weight is 463 g/mol. The molecule has 0 spiro atoms. The van der Waals surface area contributed by atoms with Gasteiger partial charge in [-0.15, -0.1) is 0 Å². The molecule has 33 heavy (non-hydrogen) atoms. The Labute approximate surface area is 198 Å². The van der Waals surface area contributed by atoms with Gasteiger partial charge in [0.2, 0.25) is 17.8 Å². The number of hydrogen-bond acceptors (Lipinski definition) is 3. The van der Waals surface area contributed by atoms with Gasteiger partial charge in [0.15, 0.2) is 0 Å². The van der Waals surface area contributed by atoms with Crippen molar-refractivity contribution >= 4 is 29.4 Å². The number of benzene rings is 2. The predicted octanol–water partition coefficient (Wildman–Crippen LogP) is 5.15. The molecule has 170 valence electrons. The van der Waals surface area contributed by atoms with E-state index in [-0.39, 0.29) is 30.3 Å². The maximum atomic E-state index is 13.0. The minimum Gasteiger partial charge on any atom is -0.330 e. The van der Waals surface area contributed by atoms with Crippen LogP contribution in [0.1, 0.15) is 36.8 Å². The Bertz CT molecular complexity index is 1210. The van der Waals surface area contributed by atoms with E-state index < -0.39 is 0 Å².